The molecule has 2 aromatic rings. The van der Waals surface area contributed by atoms with Crippen LogP contribution in [-0.4, -0.2) is 24.1 Å². The topological polar surface area (TPSA) is 78.7 Å². The number of nitro groups is 1. The average Bonchev–Trinajstić information content (AvgIpc) is 2.53. The van der Waals surface area contributed by atoms with E-state index in [9.17, 15) is 14.9 Å². The second-order valence-corrected chi connectivity index (χ2v) is 5.70. The monoisotopic (exact) mass is 389 g/mol. The third-order valence-corrected chi connectivity index (χ3v) is 3.69. The van der Waals surface area contributed by atoms with Gasteiger partial charge in [0.05, 0.1) is 15.0 Å². The van der Waals surface area contributed by atoms with E-state index in [1.807, 2.05) is 0 Å². The van der Waals surface area contributed by atoms with Gasteiger partial charge in [-0.05, 0) is 24.3 Å². The van der Waals surface area contributed by atoms with E-state index in [2.05, 4.69) is 0 Å². The van der Waals surface area contributed by atoms with Crippen LogP contribution in [0, 0.1) is 10.1 Å². The van der Waals surface area contributed by atoms with Gasteiger partial charge in [0.1, 0.15) is 18.8 Å². The van der Waals surface area contributed by atoms with Crippen LogP contribution < -0.4 is 4.74 Å². The summed E-state index contributed by atoms with van der Waals surface area (Å²) in [5.41, 5.74) is -0.622. The van der Waals surface area contributed by atoms with Gasteiger partial charge >= 0.3 is 5.97 Å². The molecule has 126 valence electrons. The van der Waals surface area contributed by atoms with Crippen molar-refractivity contribution in [3.8, 4) is 5.75 Å². The smallest absolute Gasteiger partial charge is 0.345 e. The largest absolute Gasteiger partial charge is 0.487 e. The molecule has 0 saturated carbocycles. The Balaban J connectivity index is 1.96. The predicted molar refractivity (Wildman–Crippen MR) is 90.3 cm³/mol. The molecule has 0 radical (unpaired) electrons. The molecule has 0 spiro atoms. The molecule has 0 fully saturated rings. The second-order valence-electron chi connectivity index (χ2n) is 4.45. The van der Waals surface area contributed by atoms with Crippen LogP contribution in [0.15, 0.2) is 36.4 Å². The van der Waals surface area contributed by atoms with Crippen molar-refractivity contribution in [2.24, 2.45) is 0 Å². The fourth-order valence-corrected chi connectivity index (χ4v) is 2.48. The SMILES string of the molecule is O=C(OCCOc1c(Cl)cccc1Cl)c1ccc(Cl)cc1[N+](=O)[O-]. The van der Waals surface area contributed by atoms with Gasteiger partial charge in [-0.1, -0.05) is 40.9 Å². The first-order chi connectivity index (χ1) is 11.4. The molecule has 2 aromatic carbocycles. The zero-order valence-electron chi connectivity index (χ0n) is 12.0. The number of hydrogen-bond donors (Lipinski definition) is 0. The van der Waals surface area contributed by atoms with Crippen molar-refractivity contribution in [2.75, 3.05) is 13.2 Å². The maximum absolute atomic E-state index is 11.9. The molecular weight excluding hydrogens is 381 g/mol. The lowest BCUT2D eigenvalue weighted by Crippen LogP contribution is -2.14. The standard InChI is InChI=1S/C15H10Cl3NO5/c16-9-4-5-10(13(8-9)19(21)22)15(20)24-7-6-23-14-11(17)2-1-3-12(14)18/h1-5,8H,6-7H2. The number of ether oxygens (including phenoxy) is 2. The molecule has 0 amide bonds. The van der Waals surface area contributed by atoms with Gasteiger partial charge in [0.15, 0.2) is 5.75 Å². The Morgan fingerprint density at radius 2 is 1.75 bits per heavy atom. The molecule has 6 nitrogen and oxygen atoms in total. The number of nitro benzene ring substituents is 1. The lowest BCUT2D eigenvalue weighted by atomic mass is 10.2. The van der Waals surface area contributed by atoms with Gasteiger partial charge in [-0.25, -0.2) is 4.79 Å². The maximum Gasteiger partial charge on any atom is 0.345 e. The summed E-state index contributed by atoms with van der Waals surface area (Å²) in [7, 11) is 0. The van der Waals surface area contributed by atoms with Crippen molar-refractivity contribution in [1.29, 1.82) is 0 Å². The van der Waals surface area contributed by atoms with Gasteiger partial charge in [-0.15, -0.1) is 0 Å². The van der Waals surface area contributed by atoms with Crippen molar-refractivity contribution in [2.45, 2.75) is 0 Å². The van der Waals surface area contributed by atoms with Gasteiger partial charge in [0, 0.05) is 11.1 Å². The molecule has 0 bridgehead atoms. The van der Waals surface area contributed by atoms with Gasteiger partial charge in [0.25, 0.3) is 5.69 Å². The lowest BCUT2D eigenvalue weighted by molar-refractivity contribution is -0.385. The molecule has 0 aliphatic heterocycles. The highest BCUT2D eigenvalue weighted by Crippen LogP contribution is 2.32. The summed E-state index contributed by atoms with van der Waals surface area (Å²) in [4.78, 5) is 22.2. The number of carbonyl (C=O) groups excluding carboxylic acids is 1. The first-order valence-corrected chi connectivity index (χ1v) is 7.71. The summed E-state index contributed by atoms with van der Waals surface area (Å²) in [6.07, 6.45) is 0. The fraction of sp³-hybridized carbons (Fsp3) is 0.133. The summed E-state index contributed by atoms with van der Waals surface area (Å²) in [6.45, 7) is -0.156. The van der Waals surface area contributed by atoms with E-state index >= 15 is 0 Å². The van der Waals surface area contributed by atoms with E-state index in [4.69, 9.17) is 44.3 Å². The Morgan fingerprint density at radius 1 is 1.08 bits per heavy atom. The highest BCUT2D eigenvalue weighted by molar-refractivity contribution is 6.37. The van der Waals surface area contributed by atoms with Crippen LogP contribution in [0.5, 0.6) is 5.75 Å². The number of para-hydroxylation sites is 1. The Labute approximate surface area is 152 Å². The summed E-state index contributed by atoms with van der Waals surface area (Å²) in [5, 5.41) is 11.7. The first-order valence-electron chi connectivity index (χ1n) is 6.58. The minimum atomic E-state index is -0.854. The molecule has 24 heavy (non-hydrogen) atoms. The Bertz CT molecular complexity index is 761. The van der Waals surface area contributed by atoms with E-state index in [1.54, 1.807) is 18.2 Å². The van der Waals surface area contributed by atoms with Crippen molar-refractivity contribution in [3.05, 3.63) is 67.1 Å². The predicted octanol–water partition coefficient (Wildman–Crippen LogP) is 4.79. The van der Waals surface area contributed by atoms with Crippen LogP contribution in [0.3, 0.4) is 0 Å². The third-order valence-electron chi connectivity index (χ3n) is 2.86. The van der Waals surface area contributed by atoms with Crippen LogP contribution in [-0.2, 0) is 4.74 Å². The molecule has 0 N–H and O–H groups in total. The molecule has 9 heteroatoms. The van der Waals surface area contributed by atoms with E-state index in [-0.39, 0.29) is 29.5 Å². The zero-order valence-corrected chi connectivity index (χ0v) is 14.3. The first kappa shape index (κ1) is 18.3. The van der Waals surface area contributed by atoms with Crippen LogP contribution >= 0.6 is 34.8 Å². The summed E-state index contributed by atoms with van der Waals surface area (Å²) in [5.74, 6) is -0.582. The van der Waals surface area contributed by atoms with Crippen LogP contribution in [0.2, 0.25) is 15.1 Å². The van der Waals surface area contributed by atoms with Gasteiger partial charge in [-0.2, -0.15) is 0 Å². The number of halogens is 3. The Kier molecular flexibility index (Phi) is 6.25. The molecule has 0 heterocycles. The molecular formula is C15H10Cl3NO5. The van der Waals surface area contributed by atoms with E-state index in [1.165, 1.54) is 12.1 Å². The molecule has 0 aliphatic rings. The lowest BCUT2D eigenvalue weighted by Gasteiger charge is -2.10. The van der Waals surface area contributed by atoms with Crippen LogP contribution in [0.4, 0.5) is 5.69 Å². The van der Waals surface area contributed by atoms with E-state index in [0.29, 0.717) is 10.0 Å². The second kappa shape index (κ2) is 8.19. The minimum Gasteiger partial charge on any atom is -0.487 e. The summed E-state index contributed by atoms with van der Waals surface area (Å²) >= 11 is 17.6. The highest BCUT2D eigenvalue weighted by Gasteiger charge is 2.21. The summed E-state index contributed by atoms with van der Waals surface area (Å²) in [6, 6.07) is 8.55. The third kappa shape index (κ3) is 4.50. The molecule has 2 rings (SSSR count). The summed E-state index contributed by atoms with van der Waals surface area (Å²) < 4.78 is 10.3. The normalized spacial score (nSPS) is 10.3. The van der Waals surface area contributed by atoms with Crippen molar-refractivity contribution < 1.29 is 19.2 Å². The number of nitrogens with zero attached hydrogens (tertiary/aromatic N) is 1. The molecule has 0 aliphatic carbocycles. The number of hydrogen-bond acceptors (Lipinski definition) is 5. The van der Waals surface area contributed by atoms with Crippen molar-refractivity contribution in [1.82, 2.24) is 0 Å². The van der Waals surface area contributed by atoms with Gasteiger partial charge in [0.2, 0.25) is 0 Å². The number of esters is 1. The van der Waals surface area contributed by atoms with Crippen LogP contribution in [0.1, 0.15) is 10.4 Å². The number of rotatable bonds is 6. The fourth-order valence-electron chi connectivity index (χ4n) is 1.80. The zero-order chi connectivity index (χ0) is 17.7. The van der Waals surface area contributed by atoms with Gasteiger partial charge in [-0.3, -0.25) is 10.1 Å². The minimum absolute atomic E-state index is 0.0173. The van der Waals surface area contributed by atoms with Crippen molar-refractivity contribution >= 4 is 46.5 Å². The molecule has 0 saturated heterocycles. The number of benzene rings is 2. The number of carbonyl (C=O) groups is 1. The maximum atomic E-state index is 11.9. The molecule has 0 atom stereocenters. The van der Waals surface area contributed by atoms with E-state index < -0.39 is 16.6 Å². The Morgan fingerprint density at radius 3 is 2.38 bits per heavy atom. The Hall–Kier alpha value is -2.02. The quantitative estimate of drug-likeness (QED) is 0.307. The van der Waals surface area contributed by atoms with E-state index in [0.717, 1.165) is 6.07 Å². The van der Waals surface area contributed by atoms with Crippen molar-refractivity contribution in [3.63, 3.8) is 0 Å². The molecule has 0 aromatic heterocycles. The average molecular weight is 391 g/mol. The van der Waals surface area contributed by atoms with Gasteiger partial charge < -0.3 is 9.47 Å². The highest BCUT2D eigenvalue weighted by atomic mass is 35.5. The van der Waals surface area contributed by atoms with Crippen LogP contribution in [0.25, 0.3) is 0 Å². The molecule has 0 unspecified atom stereocenters.